The van der Waals surface area contributed by atoms with E-state index in [1.807, 2.05) is 83.7 Å². The van der Waals surface area contributed by atoms with Crippen LogP contribution in [0.15, 0.2) is 66.9 Å². The minimum absolute atomic E-state index is 0.482. The molecule has 3 heteroatoms. The molecule has 3 rings (SSSR count). The van der Waals surface area contributed by atoms with E-state index in [4.69, 9.17) is 5.73 Å². The van der Waals surface area contributed by atoms with Gasteiger partial charge in [-0.1, -0.05) is 60.7 Å². The molecular weight excluding hydrogens is 246 g/mol. The van der Waals surface area contributed by atoms with E-state index in [0.717, 1.165) is 16.8 Å². The first-order chi connectivity index (χ1) is 9.83. The van der Waals surface area contributed by atoms with E-state index in [1.54, 1.807) is 0 Å². The fourth-order valence-corrected chi connectivity index (χ4v) is 2.01. The van der Waals surface area contributed by atoms with Crippen LogP contribution in [0.4, 0.5) is 5.95 Å². The highest BCUT2D eigenvalue weighted by atomic mass is 15.1. The van der Waals surface area contributed by atoms with Crippen molar-refractivity contribution in [3.8, 4) is 11.3 Å². The van der Waals surface area contributed by atoms with Crippen molar-refractivity contribution >= 4 is 18.2 Å². The summed E-state index contributed by atoms with van der Waals surface area (Å²) in [7, 11) is 0. The molecule has 0 radical (unpaired) electrons. The number of anilines is 1. The highest BCUT2D eigenvalue weighted by Crippen LogP contribution is 2.19. The van der Waals surface area contributed by atoms with Crippen LogP contribution in [0, 0.1) is 0 Å². The Balaban J connectivity index is 1.89. The molecule has 0 spiro atoms. The summed E-state index contributed by atoms with van der Waals surface area (Å²) in [5, 5.41) is 0. The van der Waals surface area contributed by atoms with E-state index < -0.39 is 0 Å². The number of nitrogen functional groups attached to an aromatic ring is 1. The average Bonchev–Trinajstić information content (AvgIpc) is 2.88. The molecule has 3 aromatic rings. The minimum Gasteiger partial charge on any atom is -0.369 e. The third-order valence-electron chi connectivity index (χ3n) is 3.06. The molecule has 0 aliphatic rings. The lowest BCUT2D eigenvalue weighted by atomic mass is 10.2. The summed E-state index contributed by atoms with van der Waals surface area (Å²) in [4.78, 5) is 4.38. The molecule has 20 heavy (non-hydrogen) atoms. The maximum absolute atomic E-state index is 5.94. The van der Waals surface area contributed by atoms with Crippen LogP contribution in [0.1, 0.15) is 5.56 Å². The molecule has 98 valence electrons. The van der Waals surface area contributed by atoms with Gasteiger partial charge in [0.15, 0.2) is 0 Å². The molecule has 0 atom stereocenters. The summed E-state index contributed by atoms with van der Waals surface area (Å²) in [5.41, 5.74) is 9.01. The van der Waals surface area contributed by atoms with Crippen LogP contribution in [0.5, 0.6) is 0 Å². The van der Waals surface area contributed by atoms with Gasteiger partial charge in [0.2, 0.25) is 5.95 Å². The van der Waals surface area contributed by atoms with Gasteiger partial charge in [-0.05, 0) is 11.6 Å². The molecule has 0 saturated heterocycles. The van der Waals surface area contributed by atoms with Crippen LogP contribution in [0.2, 0.25) is 0 Å². The zero-order valence-corrected chi connectivity index (χ0v) is 11.0. The van der Waals surface area contributed by atoms with Gasteiger partial charge >= 0.3 is 0 Å². The predicted octanol–water partition coefficient (Wildman–Crippen LogP) is 3.76. The summed E-state index contributed by atoms with van der Waals surface area (Å²) >= 11 is 0. The monoisotopic (exact) mass is 261 g/mol. The third-order valence-corrected chi connectivity index (χ3v) is 3.06. The summed E-state index contributed by atoms with van der Waals surface area (Å²) in [6.07, 6.45) is 5.86. The third kappa shape index (κ3) is 2.62. The first-order valence-electron chi connectivity index (χ1n) is 6.46. The van der Waals surface area contributed by atoms with E-state index in [-0.39, 0.29) is 0 Å². The maximum atomic E-state index is 5.94. The molecule has 1 aromatic heterocycles. The number of hydrogen-bond acceptors (Lipinski definition) is 2. The van der Waals surface area contributed by atoms with E-state index >= 15 is 0 Å². The largest absolute Gasteiger partial charge is 0.369 e. The normalized spacial score (nSPS) is 11.0. The van der Waals surface area contributed by atoms with Gasteiger partial charge < -0.3 is 5.73 Å². The molecule has 0 aliphatic carbocycles. The Kier molecular flexibility index (Phi) is 3.33. The smallest absolute Gasteiger partial charge is 0.204 e. The van der Waals surface area contributed by atoms with Gasteiger partial charge in [-0.25, -0.2) is 4.98 Å². The lowest BCUT2D eigenvalue weighted by molar-refractivity contribution is 1.16. The lowest BCUT2D eigenvalue weighted by Crippen LogP contribution is -1.94. The Morgan fingerprint density at radius 2 is 1.55 bits per heavy atom. The van der Waals surface area contributed by atoms with E-state index in [1.165, 1.54) is 0 Å². The fourth-order valence-electron chi connectivity index (χ4n) is 2.01. The molecule has 3 nitrogen and oxygen atoms in total. The van der Waals surface area contributed by atoms with Crippen molar-refractivity contribution in [3.63, 3.8) is 0 Å². The topological polar surface area (TPSA) is 43.8 Å². The van der Waals surface area contributed by atoms with Crippen LogP contribution in [-0.4, -0.2) is 9.55 Å². The van der Waals surface area contributed by atoms with E-state index in [2.05, 4.69) is 4.98 Å². The Bertz CT molecular complexity index is 713. The Morgan fingerprint density at radius 1 is 0.900 bits per heavy atom. The molecule has 0 saturated carbocycles. The SMILES string of the molecule is Nc1nc(-c2ccccc2)cn1/C=C/c1ccccc1. The fraction of sp³-hybridized carbons (Fsp3) is 0. The maximum Gasteiger partial charge on any atom is 0.204 e. The number of benzene rings is 2. The number of nitrogens with two attached hydrogens (primary N) is 1. The van der Waals surface area contributed by atoms with Gasteiger partial charge in [-0.2, -0.15) is 0 Å². The second kappa shape index (κ2) is 5.45. The Morgan fingerprint density at radius 3 is 2.25 bits per heavy atom. The number of rotatable bonds is 3. The molecule has 2 N–H and O–H groups in total. The first-order valence-corrected chi connectivity index (χ1v) is 6.46. The summed E-state index contributed by atoms with van der Waals surface area (Å²) in [6.45, 7) is 0. The number of imidazole rings is 1. The molecule has 0 bridgehead atoms. The average molecular weight is 261 g/mol. The van der Waals surface area contributed by atoms with Crippen molar-refractivity contribution in [1.29, 1.82) is 0 Å². The second-order valence-electron chi connectivity index (χ2n) is 4.48. The van der Waals surface area contributed by atoms with Crippen molar-refractivity contribution in [2.45, 2.75) is 0 Å². The van der Waals surface area contributed by atoms with Gasteiger partial charge in [0.05, 0.1) is 5.69 Å². The number of aromatic nitrogens is 2. The summed E-state index contributed by atoms with van der Waals surface area (Å²) in [6, 6.07) is 20.1. The van der Waals surface area contributed by atoms with Crippen LogP contribution in [-0.2, 0) is 0 Å². The first kappa shape index (κ1) is 12.2. The molecular formula is C17H15N3. The molecule has 0 unspecified atom stereocenters. The van der Waals surface area contributed by atoms with Crippen LogP contribution in [0.25, 0.3) is 23.5 Å². The predicted molar refractivity (Wildman–Crippen MR) is 83.7 cm³/mol. The van der Waals surface area contributed by atoms with Gasteiger partial charge in [-0.3, -0.25) is 4.57 Å². The van der Waals surface area contributed by atoms with Crippen molar-refractivity contribution in [2.75, 3.05) is 5.73 Å². The summed E-state index contributed by atoms with van der Waals surface area (Å²) in [5.74, 6) is 0.482. The lowest BCUT2D eigenvalue weighted by Gasteiger charge is -1.95. The Hall–Kier alpha value is -2.81. The van der Waals surface area contributed by atoms with Gasteiger partial charge in [-0.15, -0.1) is 0 Å². The minimum atomic E-state index is 0.482. The van der Waals surface area contributed by atoms with Gasteiger partial charge in [0.25, 0.3) is 0 Å². The summed E-state index contributed by atoms with van der Waals surface area (Å²) < 4.78 is 1.83. The molecule has 2 aromatic carbocycles. The number of nitrogens with zero attached hydrogens (tertiary/aromatic N) is 2. The van der Waals surface area contributed by atoms with Gasteiger partial charge in [0, 0.05) is 18.0 Å². The zero-order chi connectivity index (χ0) is 13.8. The van der Waals surface area contributed by atoms with Crippen molar-refractivity contribution in [1.82, 2.24) is 9.55 Å². The van der Waals surface area contributed by atoms with Crippen molar-refractivity contribution < 1.29 is 0 Å². The van der Waals surface area contributed by atoms with Crippen molar-refractivity contribution in [3.05, 3.63) is 72.4 Å². The Labute approximate surface area is 118 Å². The van der Waals surface area contributed by atoms with Crippen molar-refractivity contribution in [2.24, 2.45) is 0 Å². The van der Waals surface area contributed by atoms with Gasteiger partial charge in [0.1, 0.15) is 0 Å². The van der Waals surface area contributed by atoms with E-state index in [0.29, 0.717) is 5.95 Å². The zero-order valence-electron chi connectivity index (χ0n) is 11.0. The van der Waals surface area contributed by atoms with Crippen LogP contribution in [0.3, 0.4) is 0 Å². The van der Waals surface area contributed by atoms with Crippen LogP contribution >= 0.6 is 0 Å². The molecule has 1 heterocycles. The highest BCUT2D eigenvalue weighted by Gasteiger charge is 2.04. The van der Waals surface area contributed by atoms with Crippen LogP contribution < -0.4 is 5.73 Å². The highest BCUT2D eigenvalue weighted by molar-refractivity contribution is 5.66. The quantitative estimate of drug-likeness (QED) is 0.780. The van der Waals surface area contributed by atoms with E-state index in [9.17, 15) is 0 Å². The molecule has 0 amide bonds. The molecule has 0 aliphatic heterocycles. The second-order valence-corrected chi connectivity index (χ2v) is 4.48. The molecule has 0 fully saturated rings. The standard InChI is InChI=1S/C17H15N3/c18-17-19-16(15-9-5-2-6-10-15)13-20(17)12-11-14-7-3-1-4-8-14/h1-13H,(H2,18,19)/b12-11+. The number of hydrogen-bond donors (Lipinski definition) is 1.